The van der Waals surface area contributed by atoms with Gasteiger partial charge in [-0.1, -0.05) is 43.1 Å². The molecule has 1 aromatic rings. The van der Waals surface area contributed by atoms with E-state index in [0.29, 0.717) is 10.0 Å². The SMILES string of the molecule is CC(C)C(=O)C1(c2ccc(Cl)cc2Cl)CC1. The van der Waals surface area contributed by atoms with Gasteiger partial charge in [0.05, 0.1) is 5.41 Å². The van der Waals surface area contributed by atoms with Crippen molar-refractivity contribution in [3.8, 4) is 0 Å². The molecule has 3 heteroatoms. The average molecular weight is 257 g/mol. The smallest absolute Gasteiger partial charge is 0.145 e. The van der Waals surface area contributed by atoms with Crippen LogP contribution >= 0.6 is 23.2 Å². The minimum atomic E-state index is -0.324. The summed E-state index contributed by atoms with van der Waals surface area (Å²) in [7, 11) is 0. The third kappa shape index (κ3) is 1.87. The lowest BCUT2D eigenvalue weighted by Gasteiger charge is -2.18. The normalized spacial score (nSPS) is 17.6. The minimum Gasteiger partial charge on any atom is -0.298 e. The summed E-state index contributed by atoms with van der Waals surface area (Å²) in [6.07, 6.45) is 1.82. The van der Waals surface area contributed by atoms with Gasteiger partial charge < -0.3 is 0 Å². The van der Waals surface area contributed by atoms with E-state index in [9.17, 15) is 4.79 Å². The molecule has 1 aromatic carbocycles. The fourth-order valence-electron chi connectivity index (χ4n) is 2.20. The number of benzene rings is 1. The summed E-state index contributed by atoms with van der Waals surface area (Å²) < 4.78 is 0. The molecule has 0 atom stereocenters. The Hall–Kier alpha value is -0.530. The highest BCUT2D eigenvalue weighted by molar-refractivity contribution is 6.35. The van der Waals surface area contributed by atoms with E-state index in [1.165, 1.54) is 0 Å². The Balaban J connectivity index is 2.41. The Bertz CT molecular complexity index is 434. The Morgan fingerprint density at radius 3 is 2.38 bits per heavy atom. The zero-order valence-corrected chi connectivity index (χ0v) is 10.9. The van der Waals surface area contributed by atoms with Crippen LogP contribution in [0.25, 0.3) is 0 Å². The third-order valence-electron chi connectivity index (χ3n) is 3.19. The molecule has 0 radical (unpaired) electrons. The first kappa shape index (κ1) is 11.9. The molecule has 0 unspecified atom stereocenters. The van der Waals surface area contributed by atoms with Crippen molar-refractivity contribution in [3.63, 3.8) is 0 Å². The van der Waals surface area contributed by atoms with Crippen LogP contribution in [0.3, 0.4) is 0 Å². The lowest BCUT2D eigenvalue weighted by molar-refractivity contribution is -0.124. The van der Waals surface area contributed by atoms with E-state index in [0.717, 1.165) is 18.4 Å². The molecule has 0 amide bonds. The summed E-state index contributed by atoms with van der Waals surface area (Å²) in [5.74, 6) is 0.339. The van der Waals surface area contributed by atoms with Gasteiger partial charge in [0.25, 0.3) is 0 Å². The zero-order chi connectivity index (χ0) is 11.9. The predicted molar refractivity (Wildman–Crippen MR) is 67.2 cm³/mol. The van der Waals surface area contributed by atoms with Gasteiger partial charge >= 0.3 is 0 Å². The summed E-state index contributed by atoms with van der Waals surface area (Å²) in [6.45, 7) is 3.87. The summed E-state index contributed by atoms with van der Waals surface area (Å²) in [4.78, 5) is 12.2. The molecule has 0 saturated heterocycles. The zero-order valence-electron chi connectivity index (χ0n) is 9.39. The molecule has 0 heterocycles. The van der Waals surface area contributed by atoms with Crippen molar-refractivity contribution >= 4 is 29.0 Å². The number of halogens is 2. The lowest BCUT2D eigenvalue weighted by Crippen LogP contribution is -2.25. The van der Waals surface area contributed by atoms with Crippen molar-refractivity contribution in [2.75, 3.05) is 0 Å². The first-order chi connectivity index (χ1) is 7.47. The molecule has 2 rings (SSSR count). The van der Waals surface area contributed by atoms with E-state index >= 15 is 0 Å². The van der Waals surface area contributed by atoms with Crippen molar-refractivity contribution in [1.82, 2.24) is 0 Å². The number of hydrogen-bond donors (Lipinski definition) is 0. The maximum absolute atomic E-state index is 12.2. The monoisotopic (exact) mass is 256 g/mol. The molecular weight excluding hydrogens is 243 g/mol. The third-order valence-corrected chi connectivity index (χ3v) is 3.74. The van der Waals surface area contributed by atoms with Crippen molar-refractivity contribution in [3.05, 3.63) is 33.8 Å². The van der Waals surface area contributed by atoms with E-state index in [1.54, 1.807) is 12.1 Å². The number of carbonyl (C=O) groups excluding carboxylic acids is 1. The molecule has 86 valence electrons. The highest BCUT2D eigenvalue weighted by atomic mass is 35.5. The molecule has 1 nitrogen and oxygen atoms in total. The van der Waals surface area contributed by atoms with Gasteiger partial charge in [-0.25, -0.2) is 0 Å². The number of Topliss-reactive ketones (excluding diaryl/α,β-unsaturated/α-hetero) is 1. The van der Waals surface area contributed by atoms with Crippen LogP contribution in [0.2, 0.25) is 10.0 Å². The van der Waals surface area contributed by atoms with Gasteiger partial charge in [0.2, 0.25) is 0 Å². The Morgan fingerprint density at radius 1 is 1.31 bits per heavy atom. The second-order valence-electron chi connectivity index (χ2n) is 4.73. The van der Waals surface area contributed by atoms with Crippen molar-refractivity contribution in [2.24, 2.45) is 5.92 Å². The minimum absolute atomic E-state index is 0.0502. The molecular formula is C13H14Cl2O. The highest BCUT2D eigenvalue weighted by Crippen LogP contribution is 2.52. The molecule has 0 bridgehead atoms. The first-order valence-corrected chi connectivity index (χ1v) is 6.23. The van der Waals surface area contributed by atoms with Crippen LogP contribution in [0.15, 0.2) is 18.2 Å². The summed E-state index contributed by atoms with van der Waals surface area (Å²) in [5.41, 5.74) is 0.618. The molecule has 1 saturated carbocycles. The summed E-state index contributed by atoms with van der Waals surface area (Å²) >= 11 is 12.0. The molecule has 1 fully saturated rings. The fraction of sp³-hybridized carbons (Fsp3) is 0.462. The van der Waals surface area contributed by atoms with Crippen LogP contribution in [0.4, 0.5) is 0 Å². The van der Waals surface area contributed by atoms with Gasteiger partial charge in [0.1, 0.15) is 5.78 Å². The van der Waals surface area contributed by atoms with E-state index in [4.69, 9.17) is 23.2 Å². The van der Waals surface area contributed by atoms with Crippen LogP contribution in [-0.4, -0.2) is 5.78 Å². The van der Waals surface area contributed by atoms with Gasteiger partial charge in [-0.2, -0.15) is 0 Å². The van der Waals surface area contributed by atoms with Gasteiger partial charge in [0.15, 0.2) is 0 Å². The molecule has 0 N–H and O–H groups in total. The van der Waals surface area contributed by atoms with Crippen LogP contribution in [-0.2, 0) is 10.2 Å². The lowest BCUT2D eigenvalue weighted by atomic mass is 9.86. The van der Waals surface area contributed by atoms with Gasteiger partial charge in [-0.05, 0) is 30.5 Å². The van der Waals surface area contributed by atoms with Gasteiger partial charge in [-0.15, -0.1) is 0 Å². The van der Waals surface area contributed by atoms with Crippen LogP contribution in [0.1, 0.15) is 32.3 Å². The Morgan fingerprint density at radius 2 is 1.94 bits per heavy atom. The molecule has 0 spiro atoms. The van der Waals surface area contributed by atoms with Crippen LogP contribution in [0.5, 0.6) is 0 Å². The quantitative estimate of drug-likeness (QED) is 0.791. The first-order valence-electron chi connectivity index (χ1n) is 5.47. The topological polar surface area (TPSA) is 17.1 Å². The van der Waals surface area contributed by atoms with E-state index in [2.05, 4.69) is 0 Å². The van der Waals surface area contributed by atoms with E-state index < -0.39 is 0 Å². The maximum Gasteiger partial charge on any atom is 0.145 e. The van der Waals surface area contributed by atoms with Gasteiger partial charge in [0, 0.05) is 16.0 Å². The predicted octanol–water partition coefficient (Wildman–Crippen LogP) is 4.25. The maximum atomic E-state index is 12.2. The van der Waals surface area contributed by atoms with Crippen LogP contribution < -0.4 is 0 Å². The number of hydrogen-bond acceptors (Lipinski definition) is 1. The average Bonchev–Trinajstić information content (AvgIpc) is 2.97. The second-order valence-corrected chi connectivity index (χ2v) is 5.57. The largest absolute Gasteiger partial charge is 0.298 e. The molecule has 0 aromatic heterocycles. The van der Waals surface area contributed by atoms with Gasteiger partial charge in [-0.3, -0.25) is 4.79 Å². The summed E-state index contributed by atoms with van der Waals surface area (Å²) in [5, 5.41) is 1.22. The molecule has 1 aliphatic rings. The molecule has 0 aliphatic heterocycles. The van der Waals surface area contributed by atoms with Crippen molar-refractivity contribution in [2.45, 2.75) is 32.1 Å². The van der Waals surface area contributed by atoms with Crippen molar-refractivity contribution in [1.29, 1.82) is 0 Å². The van der Waals surface area contributed by atoms with Crippen molar-refractivity contribution < 1.29 is 4.79 Å². The van der Waals surface area contributed by atoms with E-state index in [1.807, 2.05) is 19.9 Å². The van der Waals surface area contributed by atoms with E-state index in [-0.39, 0.29) is 17.1 Å². The molecule has 1 aliphatic carbocycles. The molecule has 16 heavy (non-hydrogen) atoms. The summed E-state index contributed by atoms with van der Waals surface area (Å²) in [6, 6.07) is 5.40. The Labute approximate surface area is 106 Å². The standard InChI is InChI=1S/C13H14Cl2O/c1-8(2)12(16)13(5-6-13)10-4-3-9(14)7-11(10)15/h3-4,7-8H,5-6H2,1-2H3. The fourth-order valence-corrected chi connectivity index (χ4v) is 2.79. The number of rotatable bonds is 3. The number of carbonyl (C=O) groups is 1. The Kier molecular flexibility index (Phi) is 3.02. The number of ketones is 1. The highest BCUT2D eigenvalue weighted by Gasteiger charge is 2.52. The second kappa shape index (κ2) is 4.05. The van der Waals surface area contributed by atoms with Crippen LogP contribution in [0, 0.1) is 5.92 Å².